The number of carbonyl (C=O) groups is 1. The van der Waals surface area contributed by atoms with Gasteiger partial charge in [-0.25, -0.2) is 8.78 Å². The number of likely N-dealkylation sites (tertiary alicyclic amines) is 1. The van der Waals surface area contributed by atoms with Crippen LogP contribution < -0.4 is 4.74 Å². The third kappa shape index (κ3) is 2.85. The number of ether oxygens (including phenoxy) is 1. The monoisotopic (exact) mass is 299 g/mol. The molecule has 1 aromatic carbocycles. The molecule has 0 radical (unpaired) electrons. The van der Waals surface area contributed by atoms with Crippen LogP contribution in [0.3, 0.4) is 0 Å². The molecule has 0 aromatic heterocycles. The molecule has 1 N–H and O–H groups in total. The summed E-state index contributed by atoms with van der Waals surface area (Å²) < 4.78 is 33.0. The fourth-order valence-corrected chi connectivity index (χ4v) is 2.64. The highest BCUT2D eigenvalue weighted by Crippen LogP contribution is 2.36. The SMILES string of the molecule is COc1cc(F)c(C2CC(=O)N(C(C)(C)CO)C2)c(F)c1. The molecule has 2 rings (SSSR count). The molecule has 1 unspecified atom stereocenters. The molecule has 1 saturated heterocycles. The summed E-state index contributed by atoms with van der Waals surface area (Å²) in [5, 5.41) is 9.35. The second kappa shape index (κ2) is 5.60. The quantitative estimate of drug-likeness (QED) is 0.926. The van der Waals surface area contributed by atoms with Crippen molar-refractivity contribution in [2.45, 2.75) is 31.7 Å². The Kier molecular flexibility index (Phi) is 4.18. The summed E-state index contributed by atoms with van der Waals surface area (Å²) in [6.45, 7) is 3.41. The lowest BCUT2D eigenvalue weighted by Gasteiger charge is -2.34. The molecule has 0 aliphatic carbocycles. The van der Waals surface area contributed by atoms with Crippen LogP contribution in [0.5, 0.6) is 5.75 Å². The first kappa shape index (κ1) is 15.7. The van der Waals surface area contributed by atoms with Crippen LogP contribution in [-0.4, -0.2) is 41.7 Å². The molecule has 0 bridgehead atoms. The summed E-state index contributed by atoms with van der Waals surface area (Å²) in [5.74, 6) is -2.10. The van der Waals surface area contributed by atoms with Crippen LogP contribution in [0.25, 0.3) is 0 Å². The van der Waals surface area contributed by atoms with Crippen LogP contribution in [0.2, 0.25) is 0 Å². The maximum Gasteiger partial charge on any atom is 0.223 e. The van der Waals surface area contributed by atoms with E-state index in [1.165, 1.54) is 12.0 Å². The number of carbonyl (C=O) groups excluding carboxylic acids is 1. The minimum Gasteiger partial charge on any atom is -0.497 e. The van der Waals surface area contributed by atoms with Crippen LogP contribution in [0.4, 0.5) is 8.78 Å². The normalized spacial score (nSPS) is 19.2. The van der Waals surface area contributed by atoms with Gasteiger partial charge < -0.3 is 14.7 Å². The van der Waals surface area contributed by atoms with Gasteiger partial charge in [0.05, 0.1) is 19.3 Å². The van der Waals surface area contributed by atoms with Crippen LogP contribution >= 0.6 is 0 Å². The van der Waals surface area contributed by atoms with Gasteiger partial charge >= 0.3 is 0 Å². The Hall–Kier alpha value is -1.69. The number of nitrogens with zero attached hydrogens (tertiary/aromatic N) is 1. The number of aliphatic hydroxyl groups is 1. The van der Waals surface area contributed by atoms with Crippen molar-refractivity contribution in [3.05, 3.63) is 29.3 Å². The van der Waals surface area contributed by atoms with Crippen molar-refractivity contribution in [2.75, 3.05) is 20.3 Å². The highest BCUT2D eigenvalue weighted by atomic mass is 19.1. The second-order valence-corrected chi connectivity index (χ2v) is 5.88. The number of methoxy groups -OCH3 is 1. The molecule has 0 saturated carbocycles. The van der Waals surface area contributed by atoms with E-state index in [0.717, 1.165) is 12.1 Å². The molecule has 1 aromatic rings. The van der Waals surface area contributed by atoms with Gasteiger partial charge in [0.2, 0.25) is 5.91 Å². The lowest BCUT2D eigenvalue weighted by Crippen LogP contribution is -2.47. The zero-order valence-electron chi connectivity index (χ0n) is 12.3. The number of hydrogen-bond acceptors (Lipinski definition) is 3. The Bertz CT molecular complexity index is 537. The van der Waals surface area contributed by atoms with Crippen molar-refractivity contribution in [3.63, 3.8) is 0 Å². The maximum absolute atomic E-state index is 14.1. The van der Waals surface area contributed by atoms with Crippen LogP contribution in [0, 0.1) is 11.6 Å². The van der Waals surface area contributed by atoms with Gasteiger partial charge in [0.1, 0.15) is 17.4 Å². The van der Waals surface area contributed by atoms with Gasteiger partial charge in [0, 0.05) is 36.6 Å². The van der Waals surface area contributed by atoms with Gasteiger partial charge in [0.15, 0.2) is 0 Å². The molecular weight excluding hydrogens is 280 g/mol. The van der Waals surface area contributed by atoms with Gasteiger partial charge in [-0.2, -0.15) is 0 Å². The van der Waals surface area contributed by atoms with Crippen molar-refractivity contribution in [1.82, 2.24) is 4.90 Å². The standard InChI is InChI=1S/C15H19F2NO3/c1-15(2,8-19)18-7-9(4-13(18)20)14-11(16)5-10(21-3)6-12(14)17/h5-6,9,19H,4,7-8H2,1-3H3. The van der Waals surface area contributed by atoms with E-state index in [1.807, 2.05) is 0 Å². The van der Waals surface area contributed by atoms with Crippen molar-refractivity contribution in [1.29, 1.82) is 0 Å². The Morgan fingerprint density at radius 2 is 1.95 bits per heavy atom. The van der Waals surface area contributed by atoms with Crippen LogP contribution in [0.1, 0.15) is 31.7 Å². The van der Waals surface area contributed by atoms with Crippen molar-refractivity contribution >= 4 is 5.91 Å². The number of amides is 1. The average molecular weight is 299 g/mol. The summed E-state index contributed by atoms with van der Waals surface area (Å²) in [4.78, 5) is 13.5. The van der Waals surface area contributed by atoms with Gasteiger partial charge in [-0.3, -0.25) is 4.79 Å². The van der Waals surface area contributed by atoms with E-state index >= 15 is 0 Å². The molecule has 1 fully saturated rings. The van der Waals surface area contributed by atoms with Crippen molar-refractivity contribution < 1.29 is 23.4 Å². The van der Waals surface area contributed by atoms with Crippen molar-refractivity contribution in [3.8, 4) is 5.75 Å². The Morgan fingerprint density at radius 3 is 2.43 bits per heavy atom. The van der Waals surface area contributed by atoms with Gasteiger partial charge in [0.25, 0.3) is 0 Å². The first-order chi connectivity index (χ1) is 9.80. The van der Waals surface area contributed by atoms with Crippen LogP contribution in [-0.2, 0) is 4.79 Å². The summed E-state index contributed by atoms with van der Waals surface area (Å²) in [6, 6.07) is 2.23. The topological polar surface area (TPSA) is 49.8 Å². The third-order valence-corrected chi connectivity index (χ3v) is 3.94. The van der Waals surface area contributed by atoms with Gasteiger partial charge in [-0.05, 0) is 13.8 Å². The second-order valence-electron chi connectivity index (χ2n) is 5.88. The highest BCUT2D eigenvalue weighted by Gasteiger charge is 2.40. The molecule has 4 nitrogen and oxygen atoms in total. The summed E-state index contributed by atoms with van der Waals surface area (Å²) >= 11 is 0. The molecule has 1 heterocycles. The van der Waals surface area contributed by atoms with Gasteiger partial charge in [-0.15, -0.1) is 0 Å². The summed E-state index contributed by atoms with van der Waals surface area (Å²) in [7, 11) is 1.33. The number of hydrogen-bond donors (Lipinski definition) is 1. The Morgan fingerprint density at radius 1 is 1.38 bits per heavy atom. The smallest absolute Gasteiger partial charge is 0.223 e. The first-order valence-electron chi connectivity index (χ1n) is 6.74. The van der Waals surface area contributed by atoms with E-state index in [0.29, 0.717) is 0 Å². The fraction of sp³-hybridized carbons (Fsp3) is 0.533. The minimum atomic E-state index is -0.745. The van der Waals surface area contributed by atoms with E-state index in [2.05, 4.69) is 0 Å². The lowest BCUT2D eigenvalue weighted by molar-refractivity contribution is -0.133. The summed E-state index contributed by atoms with van der Waals surface area (Å²) in [5.41, 5.74) is -0.842. The number of benzene rings is 1. The van der Waals surface area contributed by atoms with E-state index in [1.54, 1.807) is 13.8 Å². The average Bonchev–Trinajstić information content (AvgIpc) is 2.80. The van der Waals surface area contributed by atoms with E-state index in [4.69, 9.17) is 4.74 Å². The maximum atomic E-state index is 14.1. The predicted molar refractivity (Wildman–Crippen MR) is 73.1 cm³/mol. The number of halogens is 2. The summed E-state index contributed by atoms with van der Waals surface area (Å²) in [6.07, 6.45) is 0.0313. The Labute approximate surface area is 122 Å². The van der Waals surface area contributed by atoms with Crippen LogP contribution in [0.15, 0.2) is 12.1 Å². The molecule has 0 spiro atoms. The molecule has 116 valence electrons. The van der Waals surface area contributed by atoms with Gasteiger partial charge in [-0.1, -0.05) is 0 Å². The Balaban J connectivity index is 2.31. The number of aliphatic hydroxyl groups excluding tert-OH is 1. The van der Waals surface area contributed by atoms with E-state index < -0.39 is 23.1 Å². The molecule has 1 amide bonds. The highest BCUT2D eigenvalue weighted by molar-refractivity contribution is 5.80. The molecule has 6 heteroatoms. The first-order valence-corrected chi connectivity index (χ1v) is 6.74. The minimum absolute atomic E-state index is 0.0313. The molecular formula is C15H19F2NO3. The predicted octanol–water partition coefficient (Wildman–Crippen LogP) is 2.06. The zero-order valence-corrected chi connectivity index (χ0v) is 12.3. The van der Waals surface area contributed by atoms with Crippen molar-refractivity contribution in [2.24, 2.45) is 0 Å². The van der Waals surface area contributed by atoms with E-state index in [-0.39, 0.29) is 36.8 Å². The third-order valence-electron chi connectivity index (χ3n) is 3.94. The zero-order chi connectivity index (χ0) is 15.8. The molecule has 1 atom stereocenters. The molecule has 1 aliphatic rings. The van der Waals surface area contributed by atoms with E-state index in [9.17, 15) is 18.7 Å². The fourth-order valence-electron chi connectivity index (χ4n) is 2.64. The molecule has 21 heavy (non-hydrogen) atoms. The largest absolute Gasteiger partial charge is 0.497 e. The number of rotatable bonds is 4. The lowest BCUT2D eigenvalue weighted by atomic mass is 9.96. The molecule has 1 aliphatic heterocycles.